The molecular formula is C21H33N5O. The zero-order valence-electron chi connectivity index (χ0n) is 17.1. The van der Waals surface area contributed by atoms with Crippen molar-refractivity contribution in [3.8, 4) is 0 Å². The fourth-order valence-electron chi connectivity index (χ4n) is 3.69. The summed E-state index contributed by atoms with van der Waals surface area (Å²) in [6.07, 6.45) is 4.59. The van der Waals surface area contributed by atoms with E-state index in [-0.39, 0.29) is 6.04 Å². The fraction of sp³-hybridized carbons (Fsp3) is 0.571. The molecule has 2 aromatic rings. The molecule has 0 amide bonds. The molecule has 0 aromatic carbocycles. The summed E-state index contributed by atoms with van der Waals surface area (Å²) in [5.41, 5.74) is 1.26. The van der Waals surface area contributed by atoms with Crippen LogP contribution in [0.25, 0.3) is 0 Å². The Balaban J connectivity index is 1.75. The van der Waals surface area contributed by atoms with Crippen LogP contribution in [0.5, 0.6) is 0 Å². The number of likely N-dealkylation sites (tertiary alicyclic amines) is 1. The first kappa shape index (κ1) is 19.5. The SMILES string of the molecule is CCNC(=NCC(c1ccc(C)o1)N1CCCC1)N(C)Cc1cccn1C. The summed E-state index contributed by atoms with van der Waals surface area (Å²) in [6, 6.07) is 8.59. The van der Waals surface area contributed by atoms with E-state index in [4.69, 9.17) is 9.41 Å². The highest BCUT2D eigenvalue weighted by atomic mass is 16.3. The van der Waals surface area contributed by atoms with Crippen LogP contribution in [0.3, 0.4) is 0 Å². The molecule has 1 N–H and O–H groups in total. The molecule has 0 aliphatic carbocycles. The fourth-order valence-corrected chi connectivity index (χ4v) is 3.69. The van der Waals surface area contributed by atoms with Gasteiger partial charge in [0.2, 0.25) is 0 Å². The van der Waals surface area contributed by atoms with Crippen LogP contribution in [-0.2, 0) is 13.6 Å². The average molecular weight is 372 g/mol. The third kappa shape index (κ3) is 4.95. The molecule has 148 valence electrons. The van der Waals surface area contributed by atoms with Crippen LogP contribution in [0.15, 0.2) is 39.9 Å². The van der Waals surface area contributed by atoms with E-state index in [0.717, 1.165) is 43.7 Å². The second-order valence-electron chi connectivity index (χ2n) is 7.37. The lowest BCUT2D eigenvalue weighted by atomic mass is 10.2. The maximum atomic E-state index is 5.96. The molecule has 1 saturated heterocycles. The minimum absolute atomic E-state index is 0.207. The predicted octanol–water partition coefficient (Wildman–Crippen LogP) is 3.16. The summed E-state index contributed by atoms with van der Waals surface area (Å²) in [7, 11) is 4.17. The molecular weight excluding hydrogens is 338 g/mol. The first-order valence-corrected chi connectivity index (χ1v) is 9.98. The number of nitrogens with zero attached hydrogens (tertiary/aromatic N) is 4. The van der Waals surface area contributed by atoms with E-state index in [0.29, 0.717) is 6.54 Å². The highest BCUT2D eigenvalue weighted by Crippen LogP contribution is 2.27. The highest BCUT2D eigenvalue weighted by molar-refractivity contribution is 5.79. The van der Waals surface area contributed by atoms with Crippen LogP contribution in [0.2, 0.25) is 0 Å². The third-order valence-electron chi connectivity index (χ3n) is 5.23. The Labute approximate surface area is 162 Å². The summed E-state index contributed by atoms with van der Waals surface area (Å²) < 4.78 is 8.12. The molecule has 0 radical (unpaired) electrons. The maximum absolute atomic E-state index is 5.96. The predicted molar refractivity (Wildman–Crippen MR) is 110 cm³/mol. The lowest BCUT2D eigenvalue weighted by Crippen LogP contribution is -2.39. The van der Waals surface area contributed by atoms with Crippen molar-refractivity contribution in [2.45, 2.75) is 39.3 Å². The Morgan fingerprint density at radius 2 is 2.07 bits per heavy atom. The Kier molecular flexibility index (Phi) is 6.61. The van der Waals surface area contributed by atoms with Gasteiger partial charge < -0.3 is 19.2 Å². The lowest BCUT2D eigenvalue weighted by molar-refractivity contribution is 0.218. The van der Waals surface area contributed by atoms with Gasteiger partial charge in [0, 0.05) is 32.5 Å². The molecule has 0 saturated carbocycles. The second kappa shape index (κ2) is 9.13. The van der Waals surface area contributed by atoms with Crippen LogP contribution in [0.4, 0.5) is 0 Å². The van der Waals surface area contributed by atoms with Gasteiger partial charge in [-0.25, -0.2) is 0 Å². The topological polar surface area (TPSA) is 48.9 Å². The first-order chi connectivity index (χ1) is 13.1. The van der Waals surface area contributed by atoms with Gasteiger partial charge in [-0.1, -0.05) is 0 Å². The van der Waals surface area contributed by atoms with Gasteiger partial charge in [-0.15, -0.1) is 0 Å². The number of guanidine groups is 1. The van der Waals surface area contributed by atoms with E-state index in [9.17, 15) is 0 Å². The van der Waals surface area contributed by atoms with Crippen molar-refractivity contribution in [1.82, 2.24) is 19.7 Å². The van der Waals surface area contributed by atoms with Gasteiger partial charge in [-0.3, -0.25) is 9.89 Å². The van der Waals surface area contributed by atoms with Crippen molar-refractivity contribution < 1.29 is 4.42 Å². The van der Waals surface area contributed by atoms with Gasteiger partial charge >= 0.3 is 0 Å². The van der Waals surface area contributed by atoms with E-state index in [2.05, 4.69) is 71.2 Å². The molecule has 6 nitrogen and oxygen atoms in total. The molecule has 1 aliphatic rings. The first-order valence-electron chi connectivity index (χ1n) is 9.98. The maximum Gasteiger partial charge on any atom is 0.194 e. The standard InChI is InChI=1S/C21H33N5O/c1-5-22-21(25(4)16-18-9-8-12-24(18)3)23-15-19(26-13-6-7-14-26)20-11-10-17(2)27-20/h8-12,19H,5-7,13-16H2,1-4H3,(H,22,23). The molecule has 0 spiro atoms. The molecule has 1 atom stereocenters. The van der Waals surface area contributed by atoms with Crippen LogP contribution >= 0.6 is 0 Å². The van der Waals surface area contributed by atoms with Crippen LogP contribution in [-0.4, -0.2) is 53.6 Å². The normalized spacial score (nSPS) is 16.7. The molecule has 1 unspecified atom stereocenters. The number of rotatable bonds is 7. The number of aliphatic imine (C=N–C) groups is 1. The Morgan fingerprint density at radius 1 is 1.30 bits per heavy atom. The smallest absolute Gasteiger partial charge is 0.194 e. The van der Waals surface area contributed by atoms with E-state index in [1.807, 2.05) is 6.92 Å². The summed E-state index contributed by atoms with van der Waals surface area (Å²) in [5.74, 6) is 2.93. The summed E-state index contributed by atoms with van der Waals surface area (Å²) in [5, 5.41) is 3.43. The Morgan fingerprint density at radius 3 is 2.67 bits per heavy atom. The van der Waals surface area contributed by atoms with Crippen LogP contribution in [0, 0.1) is 6.92 Å². The molecule has 1 fully saturated rings. The largest absolute Gasteiger partial charge is 0.465 e. The highest BCUT2D eigenvalue weighted by Gasteiger charge is 2.26. The number of hydrogen-bond donors (Lipinski definition) is 1. The van der Waals surface area contributed by atoms with Gasteiger partial charge in [0.05, 0.1) is 19.1 Å². The van der Waals surface area contributed by atoms with Gasteiger partial charge in [0.25, 0.3) is 0 Å². The van der Waals surface area contributed by atoms with Crippen molar-refractivity contribution in [2.24, 2.45) is 12.0 Å². The molecule has 2 aromatic heterocycles. The minimum atomic E-state index is 0.207. The van der Waals surface area contributed by atoms with Crippen molar-refractivity contribution in [3.05, 3.63) is 47.7 Å². The van der Waals surface area contributed by atoms with Crippen molar-refractivity contribution in [3.63, 3.8) is 0 Å². The molecule has 3 rings (SSSR count). The van der Waals surface area contributed by atoms with Gasteiger partial charge in [0.15, 0.2) is 5.96 Å². The van der Waals surface area contributed by atoms with Crippen LogP contribution in [0.1, 0.15) is 43.0 Å². The third-order valence-corrected chi connectivity index (χ3v) is 5.23. The Hall–Kier alpha value is -2.21. The minimum Gasteiger partial charge on any atom is -0.465 e. The van der Waals surface area contributed by atoms with Gasteiger partial charge in [-0.2, -0.15) is 0 Å². The van der Waals surface area contributed by atoms with E-state index in [1.54, 1.807) is 0 Å². The zero-order valence-corrected chi connectivity index (χ0v) is 17.1. The van der Waals surface area contributed by atoms with Crippen molar-refractivity contribution in [1.29, 1.82) is 0 Å². The quantitative estimate of drug-likeness (QED) is 0.600. The number of nitrogens with one attached hydrogen (secondary N) is 1. The second-order valence-corrected chi connectivity index (χ2v) is 7.37. The summed E-state index contributed by atoms with van der Waals surface area (Å²) >= 11 is 0. The van der Waals surface area contributed by atoms with E-state index in [1.165, 1.54) is 18.5 Å². The monoisotopic (exact) mass is 371 g/mol. The molecule has 6 heteroatoms. The zero-order chi connectivity index (χ0) is 19.2. The van der Waals surface area contributed by atoms with Crippen LogP contribution < -0.4 is 5.32 Å². The molecule has 27 heavy (non-hydrogen) atoms. The lowest BCUT2D eigenvalue weighted by Gasteiger charge is -2.26. The van der Waals surface area contributed by atoms with E-state index < -0.39 is 0 Å². The number of aromatic nitrogens is 1. The Bertz CT molecular complexity index is 741. The molecule has 3 heterocycles. The number of hydrogen-bond acceptors (Lipinski definition) is 3. The summed E-state index contributed by atoms with van der Waals surface area (Å²) in [4.78, 5) is 9.66. The van der Waals surface area contributed by atoms with Gasteiger partial charge in [0.1, 0.15) is 11.5 Å². The number of furan rings is 1. The number of aryl methyl sites for hydroxylation is 2. The van der Waals surface area contributed by atoms with Crippen molar-refractivity contribution in [2.75, 3.05) is 33.2 Å². The molecule has 0 bridgehead atoms. The van der Waals surface area contributed by atoms with Crippen molar-refractivity contribution >= 4 is 5.96 Å². The average Bonchev–Trinajstić information content (AvgIpc) is 3.39. The van der Waals surface area contributed by atoms with Gasteiger partial charge in [-0.05, 0) is 64.0 Å². The molecule has 1 aliphatic heterocycles. The van der Waals surface area contributed by atoms with E-state index >= 15 is 0 Å². The summed E-state index contributed by atoms with van der Waals surface area (Å²) in [6.45, 7) is 8.73.